The molecule has 0 aromatic heterocycles. The smallest absolute Gasteiger partial charge is 0.412 e. The summed E-state index contributed by atoms with van der Waals surface area (Å²) in [4.78, 5) is 11.8. The van der Waals surface area contributed by atoms with Crippen LogP contribution < -0.4 is 5.32 Å². The predicted octanol–water partition coefficient (Wildman–Crippen LogP) is 4.47. The fourth-order valence-electron chi connectivity index (χ4n) is 2.43. The summed E-state index contributed by atoms with van der Waals surface area (Å²) in [5.41, 5.74) is 4.18. The summed E-state index contributed by atoms with van der Waals surface area (Å²) in [5.74, 6) is 0. The van der Waals surface area contributed by atoms with E-state index in [0.717, 1.165) is 18.4 Å². The van der Waals surface area contributed by atoms with Crippen molar-refractivity contribution in [1.82, 2.24) is 5.32 Å². The Hall–Kier alpha value is -1.51. The van der Waals surface area contributed by atoms with E-state index in [0.29, 0.717) is 5.70 Å². The highest BCUT2D eigenvalue weighted by Gasteiger charge is 2.19. The van der Waals surface area contributed by atoms with Gasteiger partial charge in [-0.3, -0.25) is 5.32 Å². The van der Waals surface area contributed by atoms with Gasteiger partial charge in [-0.15, -0.1) is 0 Å². The topological polar surface area (TPSA) is 38.3 Å². The molecule has 0 bridgehead atoms. The van der Waals surface area contributed by atoms with Crippen molar-refractivity contribution in [3.63, 3.8) is 0 Å². The second kappa shape index (κ2) is 7.17. The van der Waals surface area contributed by atoms with Gasteiger partial charge < -0.3 is 4.74 Å². The minimum absolute atomic E-state index is 0.150. The first-order valence-electron chi connectivity index (χ1n) is 6.94. The molecule has 0 aromatic carbocycles. The Balaban J connectivity index is 2.59. The summed E-state index contributed by atoms with van der Waals surface area (Å²) >= 11 is 0. The average Bonchev–Trinajstić information content (AvgIpc) is 2.35. The van der Waals surface area contributed by atoms with Crippen molar-refractivity contribution in [1.29, 1.82) is 0 Å². The maximum Gasteiger partial charge on any atom is 0.412 e. The predicted molar refractivity (Wildman–Crippen MR) is 78.8 cm³/mol. The zero-order valence-corrected chi connectivity index (χ0v) is 12.5. The normalized spacial score (nSPS) is 18.0. The molecule has 0 aromatic rings. The lowest BCUT2D eigenvalue weighted by atomic mass is 9.90. The van der Waals surface area contributed by atoms with Crippen LogP contribution in [0, 0.1) is 0 Å². The maximum atomic E-state index is 11.8. The molecule has 1 unspecified atom stereocenters. The quantitative estimate of drug-likeness (QED) is 0.600. The van der Waals surface area contributed by atoms with Gasteiger partial charge in [0, 0.05) is 5.70 Å². The van der Waals surface area contributed by atoms with E-state index in [2.05, 4.69) is 18.8 Å². The molecule has 1 amide bonds. The highest BCUT2D eigenvalue weighted by atomic mass is 16.6. The molecule has 1 rings (SSSR count). The van der Waals surface area contributed by atoms with Crippen LogP contribution in [0.1, 0.15) is 53.4 Å². The monoisotopic (exact) mass is 263 g/mol. The largest absolute Gasteiger partial charge is 0.442 e. The number of ether oxygens (including phenoxy) is 1. The molecule has 0 radical (unpaired) electrons. The number of carbonyl (C=O) groups is 1. The number of alkyl carbamates (subject to hydrolysis) is 1. The fraction of sp³-hybridized carbons (Fsp3) is 0.562. The van der Waals surface area contributed by atoms with Gasteiger partial charge in [0.15, 0.2) is 0 Å². The number of amides is 1. The number of carbonyl (C=O) groups excluding carboxylic acids is 1. The Bertz CT molecular complexity index is 418. The Kier molecular flexibility index (Phi) is 5.87. The molecule has 0 spiro atoms. The van der Waals surface area contributed by atoms with E-state index in [1.807, 2.05) is 26.8 Å². The van der Waals surface area contributed by atoms with E-state index in [1.165, 1.54) is 24.0 Å². The minimum Gasteiger partial charge on any atom is -0.442 e. The molecule has 0 saturated heterocycles. The van der Waals surface area contributed by atoms with Crippen molar-refractivity contribution in [2.45, 2.75) is 59.5 Å². The second-order valence-corrected chi connectivity index (χ2v) is 5.17. The first-order valence-corrected chi connectivity index (χ1v) is 6.94. The maximum absolute atomic E-state index is 11.8. The van der Waals surface area contributed by atoms with Crippen molar-refractivity contribution < 1.29 is 9.53 Å². The zero-order valence-electron chi connectivity index (χ0n) is 12.5. The summed E-state index contributed by atoms with van der Waals surface area (Å²) in [6.07, 6.45) is 5.85. The van der Waals surface area contributed by atoms with Crippen LogP contribution in [0.5, 0.6) is 0 Å². The second-order valence-electron chi connectivity index (χ2n) is 5.17. The van der Waals surface area contributed by atoms with E-state index >= 15 is 0 Å². The third-order valence-electron chi connectivity index (χ3n) is 3.56. The van der Waals surface area contributed by atoms with Crippen molar-refractivity contribution >= 4 is 6.09 Å². The third-order valence-corrected chi connectivity index (χ3v) is 3.56. The molecule has 3 nitrogen and oxygen atoms in total. The molecule has 1 aliphatic rings. The SMILES string of the molecule is C=C(C)/C(=C/C)NC(=O)OC(C)C1=C(C)CCCC1. The average molecular weight is 263 g/mol. The molecule has 0 saturated carbocycles. The Labute approximate surface area is 116 Å². The summed E-state index contributed by atoms with van der Waals surface area (Å²) in [6, 6.07) is 0. The molecule has 3 heteroatoms. The molecular formula is C16H25NO2. The molecule has 19 heavy (non-hydrogen) atoms. The van der Waals surface area contributed by atoms with Crippen molar-refractivity contribution in [3.05, 3.63) is 35.1 Å². The van der Waals surface area contributed by atoms with Crippen LogP contribution in [-0.4, -0.2) is 12.2 Å². The highest BCUT2D eigenvalue weighted by Crippen LogP contribution is 2.27. The lowest BCUT2D eigenvalue weighted by Crippen LogP contribution is -2.29. The van der Waals surface area contributed by atoms with Crippen molar-refractivity contribution in [2.24, 2.45) is 0 Å². The fourth-order valence-corrected chi connectivity index (χ4v) is 2.43. The van der Waals surface area contributed by atoms with E-state index < -0.39 is 6.09 Å². The van der Waals surface area contributed by atoms with Crippen molar-refractivity contribution in [3.8, 4) is 0 Å². The molecule has 0 aliphatic heterocycles. The highest BCUT2D eigenvalue weighted by molar-refractivity contribution is 5.71. The van der Waals surface area contributed by atoms with Crippen LogP contribution in [0.4, 0.5) is 4.79 Å². The lowest BCUT2D eigenvalue weighted by molar-refractivity contribution is 0.122. The zero-order chi connectivity index (χ0) is 14.4. The number of allylic oxidation sites excluding steroid dienone is 3. The summed E-state index contributed by atoms with van der Waals surface area (Å²) in [7, 11) is 0. The molecule has 106 valence electrons. The number of nitrogens with one attached hydrogen (secondary N) is 1. The van der Waals surface area contributed by atoms with Gasteiger partial charge in [0.25, 0.3) is 0 Å². The minimum atomic E-state index is -0.408. The van der Waals surface area contributed by atoms with Crippen LogP contribution in [0.25, 0.3) is 0 Å². The number of rotatable bonds is 4. The third kappa shape index (κ3) is 4.58. The van der Waals surface area contributed by atoms with Gasteiger partial charge >= 0.3 is 6.09 Å². The number of hydrogen-bond donors (Lipinski definition) is 1. The van der Waals surface area contributed by atoms with Crippen LogP contribution >= 0.6 is 0 Å². The Morgan fingerprint density at radius 2 is 2.05 bits per heavy atom. The van der Waals surface area contributed by atoms with E-state index in [-0.39, 0.29) is 6.10 Å². The molecule has 0 heterocycles. The van der Waals surface area contributed by atoms with Gasteiger partial charge in [-0.05, 0) is 64.5 Å². The number of hydrogen-bond acceptors (Lipinski definition) is 2. The molecule has 1 atom stereocenters. The van der Waals surface area contributed by atoms with Gasteiger partial charge in [0.1, 0.15) is 6.10 Å². The Morgan fingerprint density at radius 3 is 2.58 bits per heavy atom. The summed E-state index contributed by atoms with van der Waals surface area (Å²) < 4.78 is 5.45. The van der Waals surface area contributed by atoms with Gasteiger partial charge in [0.2, 0.25) is 0 Å². The van der Waals surface area contributed by atoms with Crippen molar-refractivity contribution in [2.75, 3.05) is 0 Å². The molecule has 1 aliphatic carbocycles. The standard InChI is InChI=1S/C16H25NO2/c1-6-15(11(2)3)17-16(18)19-13(5)14-10-8-7-9-12(14)4/h6,13H,2,7-10H2,1,3-5H3,(H,17,18)/b15-6-. The van der Waals surface area contributed by atoms with Gasteiger partial charge in [0.05, 0.1) is 0 Å². The van der Waals surface area contributed by atoms with Gasteiger partial charge in [-0.1, -0.05) is 18.2 Å². The summed E-state index contributed by atoms with van der Waals surface area (Å²) in [6.45, 7) is 11.6. The summed E-state index contributed by atoms with van der Waals surface area (Å²) in [5, 5.41) is 2.73. The Morgan fingerprint density at radius 1 is 1.42 bits per heavy atom. The molecule has 0 fully saturated rings. The van der Waals surface area contributed by atoms with Gasteiger partial charge in [-0.2, -0.15) is 0 Å². The lowest BCUT2D eigenvalue weighted by Gasteiger charge is -2.23. The van der Waals surface area contributed by atoms with Crippen LogP contribution in [-0.2, 0) is 4.74 Å². The molecule has 1 N–H and O–H groups in total. The first kappa shape index (κ1) is 15.5. The van der Waals surface area contributed by atoms with Gasteiger partial charge in [-0.25, -0.2) is 4.79 Å². The van der Waals surface area contributed by atoms with E-state index in [9.17, 15) is 4.79 Å². The van der Waals surface area contributed by atoms with Crippen LogP contribution in [0.15, 0.2) is 35.1 Å². The first-order chi connectivity index (χ1) is 8.95. The van der Waals surface area contributed by atoms with E-state index in [1.54, 1.807) is 0 Å². The van der Waals surface area contributed by atoms with E-state index in [4.69, 9.17) is 4.74 Å². The van der Waals surface area contributed by atoms with Crippen LogP contribution in [0.2, 0.25) is 0 Å². The van der Waals surface area contributed by atoms with Crippen LogP contribution in [0.3, 0.4) is 0 Å². The molecular weight excluding hydrogens is 238 g/mol.